The van der Waals surface area contributed by atoms with Crippen LogP contribution >= 0.6 is 0 Å². The topological polar surface area (TPSA) is 81.3 Å². The zero-order valence-corrected chi connectivity index (χ0v) is 15.1. The van der Waals surface area contributed by atoms with Gasteiger partial charge in [0.25, 0.3) is 0 Å². The Morgan fingerprint density at radius 3 is 2.50 bits per heavy atom. The molecule has 0 spiro atoms. The first kappa shape index (κ1) is 17.7. The molecule has 0 saturated heterocycles. The summed E-state index contributed by atoms with van der Waals surface area (Å²) in [5, 5.41) is 0.738. The van der Waals surface area contributed by atoms with Crippen molar-refractivity contribution in [3.05, 3.63) is 48.2 Å². The van der Waals surface area contributed by atoms with Gasteiger partial charge in [0.2, 0.25) is 0 Å². The van der Waals surface area contributed by atoms with Crippen molar-refractivity contribution in [1.29, 1.82) is 0 Å². The lowest BCUT2D eigenvalue weighted by Gasteiger charge is -2.17. The number of nitrogens with zero attached hydrogens (tertiary/aromatic N) is 1. The van der Waals surface area contributed by atoms with Gasteiger partial charge in [0.1, 0.15) is 11.4 Å². The van der Waals surface area contributed by atoms with Crippen molar-refractivity contribution in [2.45, 2.75) is 20.8 Å². The lowest BCUT2D eigenvalue weighted by Crippen LogP contribution is -2.25. The lowest BCUT2D eigenvalue weighted by molar-refractivity contribution is -0.142. The van der Waals surface area contributed by atoms with E-state index >= 15 is 0 Å². The number of pyridine rings is 1. The monoisotopic (exact) mass is 352 g/mol. The molecule has 0 bridgehead atoms. The maximum Gasteiger partial charge on any atom is 0.340 e. The van der Waals surface area contributed by atoms with Crippen molar-refractivity contribution in [2.75, 3.05) is 7.11 Å². The zero-order chi connectivity index (χ0) is 18.9. The zero-order valence-electron chi connectivity index (χ0n) is 15.1. The molecule has 0 aliphatic rings. The average molecular weight is 352 g/mol. The third-order valence-corrected chi connectivity index (χ3v) is 3.92. The van der Waals surface area contributed by atoms with Crippen LogP contribution < -0.4 is 4.74 Å². The summed E-state index contributed by atoms with van der Waals surface area (Å²) in [5.41, 5.74) is 1.22. The number of carbonyl (C=O) groups is 2. The van der Waals surface area contributed by atoms with E-state index in [1.54, 1.807) is 39.1 Å². The number of fused-ring (bicyclic) bond motifs is 1. The van der Waals surface area contributed by atoms with Gasteiger partial charge in [0.05, 0.1) is 18.1 Å². The molecule has 6 nitrogen and oxygen atoms in total. The van der Waals surface area contributed by atoms with E-state index in [9.17, 15) is 9.59 Å². The maximum absolute atomic E-state index is 12.5. The Morgan fingerprint density at radius 1 is 1.08 bits per heavy atom. The number of ether oxygens (including phenoxy) is 2. The number of aromatic amines is 1. The summed E-state index contributed by atoms with van der Waals surface area (Å²) < 4.78 is 10.6. The number of H-pyrrole nitrogens is 1. The molecule has 26 heavy (non-hydrogen) atoms. The van der Waals surface area contributed by atoms with E-state index in [0.29, 0.717) is 17.1 Å². The fourth-order valence-corrected chi connectivity index (χ4v) is 2.51. The number of para-hydroxylation sites is 1. The van der Waals surface area contributed by atoms with Crippen molar-refractivity contribution in [2.24, 2.45) is 5.41 Å². The lowest BCUT2D eigenvalue weighted by atomic mass is 9.97. The van der Waals surface area contributed by atoms with Crippen LogP contribution in [0.5, 0.6) is 5.75 Å². The highest BCUT2D eigenvalue weighted by Crippen LogP contribution is 2.38. The molecule has 6 heteroatoms. The molecule has 0 radical (unpaired) electrons. The number of benzene rings is 1. The Morgan fingerprint density at radius 2 is 1.81 bits per heavy atom. The second kappa shape index (κ2) is 6.63. The van der Waals surface area contributed by atoms with Crippen LogP contribution in [0.3, 0.4) is 0 Å². The quantitative estimate of drug-likeness (QED) is 0.721. The van der Waals surface area contributed by atoms with Crippen LogP contribution in [0.15, 0.2) is 42.6 Å². The number of hydrogen-bond acceptors (Lipinski definition) is 5. The van der Waals surface area contributed by atoms with E-state index in [0.717, 1.165) is 10.9 Å². The Bertz CT molecular complexity index is 983. The minimum absolute atomic E-state index is 0.287. The van der Waals surface area contributed by atoms with Gasteiger partial charge in [-0.25, -0.2) is 4.79 Å². The van der Waals surface area contributed by atoms with Crippen LogP contribution in [0.4, 0.5) is 0 Å². The summed E-state index contributed by atoms with van der Waals surface area (Å²) in [4.78, 5) is 32.1. The molecule has 1 N–H and O–H groups in total. The SMILES string of the molecule is COC(=O)c1cccnc1-c1[nH]c2ccccc2c1OC(=O)C(C)(C)C. The van der Waals surface area contributed by atoms with Crippen molar-refractivity contribution < 1.29 is 19.1 Å². The van der Waals surface area contributed by atoms with Gasteiger partial charge in [0.15, 0.2) is 5.75 Å². The smallest absolute Gasteiger partial charge is 0.340 e. The predicted molar refractivity (Wildman–Crippen MR) is 98.0 cm³/mol. The Balaban J connectivity index is 2.23. The molecule has 0 unspecified atom stereocenters. The van der Waals surface area contributed by atoms with E-state index in [1.807, 2.05) is 24.3 Å². The number of carbonyl (C=O) groups excluding carboxylic acids is 2. The number of hydrogen-bond donors (Lipinski definition) is 1. The van der Waals surface area contributed by atoms with Gasteiger partial charge in [-0.2, -0.15) is 0 Å². The van der Waals surface area contributed by atoms with Crippen LogP contribution in [0.1, 0.15) is 31.1 Å². The highest BCUT2D eigenvalue weighted by atomic mass is 16.5. The highest BCUT2D eigenvalue weighted by Gasteiger charge is 2.28. The minimum Gasteiger partial charge on any atom is -0.465 e. The molecule has 0 saturated carbocycles. The number of nitrogens with one attached hydrogen (secondary N) is 1. The van der Waals surface area contributed by atoms with Crippen molar-refractivity contribution in [3.63, 3.8) is 0 Å². The summed E-state index contributed by atoms with van der Waals surface area (Å²) in [7, 11) is 1.31. The highest BCUT2D eigenvalue weighted by molar-refractivity contribution is 6.01. The van der Waals surface area contributed by atoms with Crippen LogP contribution in [0.2, 0.25) is 0 Å². The second-order valence-corrected chi connectivity index (χ2v) is 6.91. The molecule has 3 rings (SSSR count). The summed E-state index contributed by atoms with van der Waals surface area (Å²) >= 11 is 0. The van der Waals surface area contributed by atoms with E-state index in [4.69, 9.17) is 9.47 Å². The van der Waals surface area contributed by atoms with Gasteiger partial charge in [-0.1, -0.05) is 12.1 Å². The molecular formula is C20H20N2O4. The molecule has 134 valence electrons. The normalized spacial score (nSPS) is 11.4. The fraction of sp³-hybridized carbons (Fsp3) is 0.250. The van der Waals surface area contributed by atoms with Crippen molar-refractivity contribution >= 4 is 22.8 Å². The van der Waals surface area contributed by atoms with Gasteiger partial charge < -0.3 is 14.5 Å². The molecule has 1 aromatic carbocycles. The van der Waals surface area contributed by atoms with Crippen molar-refractivity contribution in [3.8, 4) is 17.1 Å². The van der Waals surface area contributed by atoms with Gasteiger partial charge in [-0.3, -0.25) is 9.78 Å². The molecule has 3 aromatic rings. The molecule has 2 aromatic heterocycles. The molecule has 0 amide bonds. The van der Waals surface area contributed by atoms with E-state index in [1.165, 1.54) is 7.11 Å². The maximum atomic E-state index is 12.5. The first-order chi connectivity index (χ1) is 12.3. The third kappa shape index (κ3) is 3.18. The molecular weight excluding hydrogens is 332 g/mol. The molecule has 0 aliphatic carbocycles. The van der Waals surface area contributed by atoms with Gasteiger partial charge >= 0.3 is 11.9 Å². The Labute approximate surface area is 151 Å². The Kier molecular flexibility index (Phi) is 4.50. The van der Waals surface area contributed by atoms with Crippen molar-refractivity contribution in [1.82, 2.24) is 9.97 Å². The van der Waals surface area contributed by atoms with Crippen LogP contribution in [0.25, 0.3) is 22.3 Å². The standard InChI is InChI=1S/C20H20N2O4/c1-20(2,3)19(24)26-17-12-8-5-6-10-14(12)22-16(17)15-13(18(23)25-4)9-7-11-21-15/h5-11,22H,1-4H3. The summed E-state index contributed by atoms with van der Waals surface area (Å²) in [6.07, 6.45) is 1.57. The fourth-order valence-electron chi connectivity index (χ4n) is 2.51. The largest absolute Gasteiger partial charge is 0.465 e. The summed E-state index contributed by atoms with van der Waals surface area (Å²) in [5.74, 6) is -0.539. The van der Waals surface area contributed by atoms with E-state index in [2.05, 4.69) is 9.97 Å². The number of aromatic nitrogens is 2. The second-order valence-electron chi connectivity index (χ2n) is 6.91. The molecule has 0 atom stereocenters. The van der Waals surface area contributed by atoms with Crippen LogP contribution in [-0.4, -0.2) is 29.0 Å². The first-order valence-corrected chi connectivity index (χ1v) is 8.19. The van der Waals surface area contributed by atoms with Crippen LogP contribution in [-0.2, 0) is 9.53 Å². The Hall–Kier alpha value is -3.15. The van der Waals surface area contributed by atoms with E-state index in [-0.39, 0.29) is 11.5 Å². The molecule has 0 fully saturated rings. The number of esters is 2. The number of rotatable bonds is 3. The van der Waals surface area contributed by atoms with Gasteiger partial charge in [0, 0.05) is 17.1 Å². The molecule has 0 aliphatic heterocycles. The molecule has 2 heterocycles. The minimum atomic E-state index is -0.676. The van der Waals surface area contributed by atoms with Gasteiger partial charge in [-0.15, -0.1) is 0 Å². The third-order valence-electron chi connectivity index (χ3n) is 3.92. The predicted octanol–water partition coefficient (Wildman–Crippen LogP) is 3.97. The van der Waals surface area contributed by atoms with Gasteiger partial charge in [-0.05, 0) is 45.0 Å². The van der Waals surface area contributed by atoms with Crippen LogP contribution in [0, 0.1) is 5.41 Å². The summed E-state index contributed by atoms with van der Waals surface area (Å²) in [6, 6.07) is 10.7. The average Bonchev–Trinajstić information content (AvgIpc) is 2.99. The first-order valence-electron chi connectivity index (χ1n) is 8.19. The number of methoxy groups -OCH3 is 1. The summed E-state index contributed by atoms with van der Waals surface area (Å²) in [6.45, 7) is 5.35. The van der Waals surface area contributed by atoms with E-state index < -0.39 is 11.4 Å².